The average molecular weight is 520 g/mol. The molecule has 3 aromatic heterocycles. The van der Waals surface area contributed by atoms with Gasteiger partial charge in [0, 0.05) is 68.3 Å². The lowest BCUT2D eigenvalue weighted by atomic mass is 9.97. The normalized spacial score (nSPS) is 13.6. The third kappa shape index (κ3) is 5.16. The van der Waals surface area contributed by atoms with Crippen LogP contribution in [0, 0.1) is 0 Å². The number of hydrogen-bond donors (Lipinski definition) is 0. The molecular weight excluding hydrogens is 490 g/mol. The molecule has 5 aromatic rings. The number of carbonyl (C=O) groups excluding carboxylic acids is 1. The smallest absolute Gasteiger partial charge is 0.227 e. The van der Waals surface area contributed by atoms with Crippen LogP contribution >= 0.6 is 0 Å². The first-order chi connectivity index (χ1) is 19.1. The maximum Gasteiger partial charge on any atom is 0.227 e. The number of pyridine rings is 1. The molecule has 1 fully saturated rings. The zero-order valence-electron chi connectivity index (χ0n) is 22.0. The minimum Gasteiger partial charge on any atom is -0.497 e. The summed E-state index contributed by atoms with van der Waals surface area (Å²) in [4.78, 5) is 30.6. The van der Waals surface area contributed by atoms with Gasteiger partial charge in [0.05, 0.1) is 25.2 Å². The van der Waals surface area contributed by atoms with Gasteiger partial charge in [0.2, 0.25) is 5.91 Å². The summed E-state index contributed by atoms with van der Waals surface area (Å²) in [6.45, 7) is 2.82. The van der Waals surface area contributed by atoms with E-state index < -0.39 is 0 Å². The van der Waals surface area contributed by atoms with Crippen molar-refractivity contribution in [2.75, 3.05) is 38.2 Å². The van der Waals surface area contributed by atoms with Crippen molar-refractivity contribution < 1.29 is 9.53 Å². The highest BCUT2D eigenvalue weighted by Gasteiger charge is 2.22. The molecule has 2 aromatic carbocycles. The van der Waals surface area contributed by atoms with Gasteiger partial charge in [0.25, 0.3) is 0 Å². The minimum atomic E-state index is 0.133. The molecule has 9 nitrogen and oxygen atoms in total. The number of amides is 1. The second-order valence-electron chi connectivity index (χ2n) is 9.68. The Morgan fingerprint density at radius 3 is 2.54 bits per heavy atom. The number of ether oxygens (including phenoxy) is 1. The number of fused-ring (bicyclic) bond motifs is 1. The Hall–Kier alpha value is -4.79. The number of carbonyl (C=O) groups is 1. The second kappa shape index (κ2) is 10.5. The maximum atomic E-state index is 12.9. The molecule has 1 amide bonds. The fourth-order valence-electron chi connectivity index (χ4n) is 5.05. The molecule has 0 radical (unpaired) electrons. The first kappa shape index (κ1) is 24.5. The van der Waals surface area contributed by atoms with Gasteiger partial charge >= 0.3 is 0 Å². The maximum absolute atomic E-state index is 12.9. The Morgan fingerprint density at radius 2 is 1.79 bits per heavy atom. The minimum absolute atomic E-state index is 0.133. The Morgan fingerprint density at radius 1 is 0.923 bits per heavy atom. The Bertz CT molecular complexity index is 1620. The first-order valence-electron chi connectivity index (χ1n) is 12.9. The van der Waals surface area contributed by atoms with Crippen molar-refractivity contribution in [1.29, 1.82) is 0 Å². The van der Waals surface area contributed by atoms with Crippen LogP contribution in [0.3, 0.4) is 0 Å². The van der Waals surface area contributed by atoms with Gasteiger partial charge in [-0.3, -0.25) is 9.48 Å². The summed E-state index contributed by atoms with van der Waals surface area (Å²) in [5, 5.41) is 5.29. The molecule has 0 N–H and O–H groups in total. The molecule has 1 aliphatic heterocycles. The van der Waals surface area contributed by atoms with Crippen molar-refractivity contribution in [3.8, 4) is 28.0 Å². The molecular formula is C30H29N7O2. The lowest BCUT2D eigenvalue weighted by Gasteiger charge is -2.35. The Balaban J connectivity index is 1.17. The van der Waals surface area contributed by atoms with Gasteiger partial charge < -0.3 is 14.5 Å². The number of hydrogen-bond acceptors (Lipinski definition) is 7. The fraction of sp³-hybridized carbons (Fsp3) is 0.233. The van der Waals surface area contributed by atoms with Crippen molar-refractivity contribution in [3.05, 3.63) is 85.2 Å². The largest absolute Gasteiger partial charge is 0.497 e. The van der Waals surface area contributed by atoms with Crippen LogP contribution in [0.1, 0.15) is 5.56 Å². The summed E-state index contributed by atoms with van der Waals surface area (Å²) in [5.74, 6) is 1.81. The van der Waals surface area contributed by atoms with E-state index in [2.05, 4.69) is 44.2 Å². The molecule has 0 bridgehead atoms. The van der Waals surface area contributed by atoms with Crippen LogP contribution in [-0.2, 0) is 18.3 Å². The summed E-state index contributed by atoms with van der Waals surface area (Å²) in [5.41, 5.74) is 5.94. The SMILES string of the molecule is COc1cccc(CC(=O)N2CCN(c3ccc(-c4cc(-c5cnn(C)c5)cc5ncncc45)cn3)CC2)c1. The number of aromatic nitrogens is 5. The van der Waals surface area contributed by atoms with E-state index in [1.807, 2.05) is 61.0 Å². The monoisotopic (exact) mass is 519 g/mol. The van der Waals surface area contributed by atoms with E-state index in [-0.39, 0.29) is 5.91 Å². The number of rotatable bonds is 6. The summed E-state index contributed by atoms with van der Waals surface area (Å²) < 4.78 is 7.07. The summed E-state index contributed by atoms with van der Waals surface area (Å²) >= 11 is 0. The van der Waals surface area contributed by atoms with E-state index >= 15 is 0 Å². The average Bonchev–Trinajstić information content (AvgIpc) is 3.43. The second-order valence-corrected chi connectivity index (χ2v) is 9.68. The topological polar surface area (TPSA) is 89.3 Å². The summed E-state index contributed by atoms with van der Waals surface area (Å²) in [6, 6.07) is 16.0. The van der Waals surface area contributed by atoms with Crippen LogP contribution in [0.25, 0.3) is 33.2 Å². The van der Waals surface area contributed by atoms with Crippen LogP contribution in [0.2, 0.25) is 0 Å². The van der Waals surface area contributed by atoms with Crippen molar-refractivity contribution in [2.45, 2.75) is 6.42 Å². The third-order valence-corrected chi connectivity index (χ3v) is 7.17. The predicted octanol–water partition coefficient (Wildman–Crippen LogP) is 3.99. The van der Waals surface area contributed by atoms with Crippen LogP contribution < -0.4 is 9.64 Å². The van der Waals surface area contributed by atoms with E-state index in [0.717, 1.165) is 63.4 Å². The lowest BCUT2D eigenvalue weighted by Crippen LogP contribution is -2.49. The fourth-order valence-corrected chi connectivity index (χ4v) is 5.05. The zero-order valence-corrected chi connectivity index (χ0v) is 22.0. The quantitative estimate of drug-likeness (QED) is 0.335. The molecule has 0 aliphatic carbocycles. The van der Waals surface area contributed by atoms with Crippen LogP contribution in [0.5, 0.6) is 5.75 Å². The van der Waals surface area contributed by atoms with E-state index in [0.29, 0.717) is 19.5 Å². The Labute approximate surface area is 226 Å². The molecule has 0 atom stereocenters. The van der Waals surface area contributed by atoms with Crippen molar-refractivity contribution in [1.82, 2.24) is 29.6 Å². The molecule has 1 aliphatic rings. The number of nitrogens with zero attached hydrogens (tertiary/aromatic N) is 7. The van der Waals surface area contributed by atoms with Crippen LogP contribution in [0.15, 0.2) is 79.6 Å². The standard InChI is InChI=1S/C30H29N7O2/c1-35-19-24(17-34-35)23-14-26(27-18-31-20-33-28(27)15-23)22-6-7-29(32-16-22)36-8-10-37(11-9-36)30(38)13-21-4-3-5-25(12-21)39-2/h3-7,12,14-20H,8-11,13H2,1-2H3. The molecule has 196 valence electrons. The Kier molecular flexibility index (Phi) is 6.62. The van der Waals surface area contributed by atoms with Gasteiger partial charge in [-0.25, -0.2) is 15.0 Å². The van der Waals surface area contributed by atoms with Gasteiger partial charge in [0.15, 0.2) is 0 Å². The van der Waals surface area contributed by atoms with Crippen molar-refractivity contribution in [3.63, 3.8) is 0 Å². The number of benzene rings is 2. The molecule has 9 heteroatoms. The highest BCUT2D eigenvalue weighted by molar-refractivity contribution is 5.97. The molecule has 0 saturated carbocycles. The number of aryl methyl sites for hydroxylation is 1. The van der Waals surface area contributed by atoms with E-state index in [4.69, 9.17) is 9.72 Å². The molecule has 0 unspecified atom stereocenters. The zero-order chi connectivity index (χ0) is 26.8. The molecule has 39 heavy (non-hydrogen) atoms. The lowest BCUT2D eigenvalue weighted by molar-refractivity contribution is -0.130. The number of piperazine rings is 1. The van der Waals surface area contributed by atoms with Gasteiger partial charge in [-0.2, -0.15) is 5.10 Å². The molecule has 0 spiro atoms. The van der Waals surface area contributed by atoms with Gasteiger partial charge in [-0.15, -0.1) is 0 Å². The summed E-state index contributed by atoms with van der Waals surface area (Å²) in [6.07, 6.45) is 9.55. The summed E-state index contributed by atoms with van der Waals surface area (Å²) in [7, 11) is 3.55. The number of methoxy groups -OCH3 is 1. The van der Waals surface area contributed by atoms with E-state index in [1.54, 1.807) is 18.1 Å². The van der Waals surface area contributed by atoms with E-state index in [1.165, 1.54) is 0 Å². The van der Waals surface area contributed by atoms with E-state index in [9.17, 15) is 4.79 Å². The highest BCUT2D eigenvalue weighted by atomic mass is 16.5. The third-order valence-electron chi connectivity index (χ3n) is 7.17. The van der Waals surface area contributed by atoms with Crippen LogP contribution in [0.4, 0.5) is 5.82 Å². The van der Waals surface area contributed by atoms with Crippen molar-refractivity contribution >= 4 is 22.6 Å². The molecule has 1 saturated heterocycles. The van der Waals surface area contributed by atoms with Crippen molar-refractivity contribution in [2.24, 2.45) is 7.05 Å². The molecule has 6 rings (SSSR count). The van der Waals surface area contributed by atoms with Gasteiger partial charge in [0.1, 0.15) is 17.9 Å². The van der Waals surface area contributed by atoms with Gasteiger partial charge in [-0.1, -0.05) is 12.1 Å². The number of anilines is 1. The molecule has 4 heterocycles. The van der Waals surface area contributed by atoms with Gasteiger partial charge in [-0.05, 0) is 53.1 Å². The highest BCUT2D eigenvalue weighted by Crippen LogP contribution is 2.33. The predicted molar refractivity (Wildman–Crippen MR) is 150 cm³/mol. The van der Waals surface area contributed by atoms with Crippen LogP contribution in [-0.4, -0.2) is 68.8 Å². The first-order valence-corrected chi connectivity index (χ1v) is 12.9.